The van der Waals surface area contributed by atoms with E-state index in [-0.39, 0.29) is 5.76 Å². The van der Waals surface area contributed by atoms with Crippen LogP contribution in [0, 0.1) is 0 Å². The summed E-state index contributed by atoms with van der Waals surface area (Å²) in [5.74, 6) is 0.179. The lowest BCUT2D eigenvalue weighted by Gasteiger charge is -1.98. The Hall–Kier alpha value is -1.57. The van der Waals surface area contributed by atoms with Crippen LogP contribution in [0.2, 0.25) is 0 Å². The second-order valence-electron chi connectivity index (χ2n) is 2.19. The van der Waals surface area contributed by atoms with Crippen LogP contribution >= 0.6 is 0 Å². The van der Waals surface area contributed by atoms with Gasteiger partial charge < -0.3 is 5.11 Å². The van der Waals surface area contributed by atoms with Crippen molar-refractivity contribution in [2.24, 2.45) is 4.99 Å². The normalized spacial score (nSPS) is 8.44. The van der Waals surface area contributed by atoms with Gasteiger partial charge in [-0.3, -0.25) is 4.99 Å². The van der Waals surface area contributed by atoms with Gasteiger partial charge >= 0.3 is 0 Å². The molecule has 0 aliphatic rings. The minimum atomic E-state index is 0.179. The first-order valence-electron chi connectivity index (χ1n) is 5.48. The molecule has 0 aliphatic heterocycles. The second kappa shape index (κ2) is 15.9. The van der Waals surface area contributed by atoms with E-state index >= 15 is 0 Å². The number of nitrogens with zero attached hydrogens (tertiary/aromatic N) is 1. The van der Waals surface area contributed by atoms with Crippen molar-refractivity contribution in [3.05, 3.63) is 48.4 Å². The second-order valence-corrected chi connectivity index (χ2v) is 2.19. The molecule has 0 saturated heterocycles. The largest absolute Gasteiger partial charge is 0.513 e. The molecule has 0 unspecified atom stereocenters. The Balaban J connectivity index is -0.000000376. The summed E-state index contributed by atoms with van der Waals surface area (Å²) in [6.07, 6.45) is 4.72. The fourth-order valence-electron chi connectivity index (χ4n) is 0.711. The number of hydrogen-bond acceptors (Lipinski definition) is 2. The molecule has 0 saturated carbocycles. The fourth-order valence-corrected chi connectivity index (χ4v) is 0.711. The molecule has 1 N–H and O–H groups in total. The maximum atomic E-state index is 8.96. The zero-order valence-electron chi connectivity index (χ0n) is 11.2. The minimum absolute atomic E-state index is 0.179. The van der Waals surface area contributed by atoms with Crippen molar-refractivity contribution in [1.29, 1.82) is 0 Å². The van der Waals surface area contributed by atoms with Gasteiger partial charge in [0.05, 0.1) is 11.5 Å². The van der Waals surface area contributed by atoms with Crippen LogP contribution in [0.1, 0.15) is 34.6 Å². The Morgan fingerprint density at radius 3 is 1.62 bits per heavy atom. The van der Waals surface area contributed by atoms with E-state index in [9.17, 15) is 0 Å². The van der Waals surface area contributed by atoms with Crippen molar-refractivity contribution in [2.75, 3.05) is 0 Å². The number of aliphatic hydroxyl groups excluding tert-OH is 1. The molecule has 0 atom stereocenters. The Morgan fingerprint density at radius 2 is 1.44 bits per heavy atom. The van der Waals surface area contributed by atoms with E-state index in [1.807, 2.05) is 27.7 Å². The van der Waals surface area contributed by atoms with Crippen LogP contribution in [-0.2, 0) is 0 Å². The van der Waals surface area contributed by atoms with E-state index in [4.69, 9.17) is 5.11 Å². The van der Waals surface area contributed by atoms with Gasteiger partial charge in [-0.05, 0) is 19.2 Å². The SMILES string of the molecule is C=CC(C=C)=C(/C=C(\C)O)N=C.CC.CC. The first-order valence-corrected chi connectivity index (χ1v) is 5.48. The summed E-state index contributed by atoms with van der Waals surface area (Å²) in [7, 11) is 0. The lowest BCUT2D eigenvalue weighted by molar-refractivity contribution is 0.414. The highest BCUT2D eigenvalue weighted by molar-refractivity contribution is 5.43. The van der Waals surface area contributed by atoms with Crippen LogP contribution in [0.3, 0.4) is 0 Å². The van der Waals surface area contributed by atoms with Crippen LogP contribution in [0.4, 0.5) is 0 Å². The number of hydrogen-bond donors (Lipinski definition) is 1. The number of rotatable bonds is 4. The summed E-state index contributed by atoms with van der Waals surface area (Å²) in [4.78, 5) is 3.72. The smallest absolute Gasteiger partial charge is 0.0913 e. The Morgan fingerprint density at radius 1 is 1.06 bits per heavy atom. The molecule has 2 nitrogen and oxygen atoms in total. The summed E-state index contributed by atoms with van der Waals surface area (Å²) >= 11 is 0. The van der Waals surface area contributed by atoms with E-state index < -0.39 is 0 Å². The van der Waals surface area contributed by atoms with Gasteiger partial charge in [-0.15, -0.1) is 0 Å². The summed E-state index contributed by atoms with van der Waals surface area (Å²) in [6.45, 7) is 20.1. The molecular weight excluding hydrogens is 198 g/mol. The molecule has 0 radical (unpaired) electrons. The summed E-state index contributed by atoms with van der Waals surface area (Å²) in [5.41, 5.74) is 1.32. The van der Waals surface area contributed by atoms with Crippen LogP contribution < -0.4 is 0 Å². The lowest BCUT2D eigenvalue weighted by atomic mass is 10.2. The third kappa shape index (κ3) is 10.5. The van der Waals surface area contributed by atoms with Crippen molar-refractivity contribution in [3.8, 4) is 0 Å². The molecule has 16 heavy (non-hydrogen) atoms. The van der Waals surface area contributed by atoms with E-state index in [0.717, 1.165) is 5.57 Å². The number of allylic oxidation sites excluding steroid dienone is 5. The average molecular weight is 223 g/mol. The third-order valence-corrected chi connectivity index (χ3v) is 1.25. The third-order valence-electron chi connectivity index (χ3n) is 1.25. The molecule has 0 aromatic rings. The maximum Gasteiger partial charge on any atom is 0.0913 e. The molecule has 0 aromatic carbocycles. The molecule has 0 aliphatic carbocycles. The highest BCUT2D eigenvalue weighted by Gasteiger charge is 1.94. The van der Waals surface area contributed by atoms with Gasteiger partial charge in [-0.25, -0.2) is 0 Å². The van der Waals surface area contributed by atoms with Gasteiger partial charge in [-0.2, -0.15) is 0 Å². The van der Waals surface area contributed by atoms with Gasteiger partial charge in [-0.1, -0.05) is 53.0 Å². The molecule has 0 aromatic heterocycles. The van der Waals surface area contributed by atoms with Gasteiger partial charge in [0.2, 0.25) is 0 Å². The first-order chi connectivity index (χ1) is 7.65. The van der Waals surface area contributed by atoms with E-state index in [1.54, 1.807) is 19.1 Å². The van der Waals surface area contributed by atoms with Gasteiger partial charge in [0.15, 0.2) is 0 Å². The highest BCUT2D eigenvalue weighted by atomic mass is 16.3. The van der Waals surface area contributed by atoms with Crippen molar-refractivity contribution in [1.82, 2.24) is 0 Å². The molecule has 92 valence electrons. The monoisotopic (exact) mass is 223 g/mol. The molecule has 0 rings (SSSR count). The standard InChI is InChI=1S/C10H13NO.2C2H6/c1-5-9(6-2)10(11-4)7-8(3)12;2*1-2/h5-7,12H,1-2,4H2,3H3;2*1-2H3/b8-7+;;. The quantitative estimate of drug-likeness (QED) is 0.413. The Kier molecular flexibility index (Phi) is 19.8. The zero-order chi connectivity index (χ0) is 13.6. The minimum Gasteiger partial charge on any atom is -0.513 e. The molecule has 0 heterocycles. The van der Waals surface area contributed by atoms with E-state index in [0.29, 0.717) is 5.70 Å². The van der Waals surface area contributed by atoms with Gasteiger partial charge in [0, 0.05) is 6.08 Å². The van der Waals surface area contributed by atoms with Gasteiger partial charge in [0.1, 0.15) is 0 Å². The van der Waals surface area contributed by atoms with Crippen molar-refractivity contribution in [2.45, 2.75) is 34.6 Å². The zero-order valence-corrected chi connectivity index (χ0v) is 11.2. The van der Waals surface area contributed by atoms with Crippen LogP contribution in [0.25, 0.3) is 0 Å². The number of aliphatic imine (C=N–C) groups is 1. The van der Waals surface area contributed by atoms with Crippen molar-refractivity contribution < 1.29 is 5.11 Å². The topological polar surface area (TPSA) is 32.6 Å². The van der Waals surface area contributed by atoms with Crippen molar-refractivity contribution >= 4 is 6.72 Å². The maximum absolute atomic E-state index is 8.96. The van der Waals surface area contributed by atoms with Crippen LogP contribution in [-0.4, -0.2) is 11.8 Å². The summed E-state index contributed by atoms with van der Waals surface area (Å²) in [5, 5.41) is 8.96. The number of aliphatic hydroxyl groups is 1. The predicted octanol–water partition coefficient (Wildman–Crippen LogP) is 4.83. The Bertz CT molecular complexity index is 246. The molecule has 0 spiro atoms. The van der Waals surface area contributed by atoms with E-state index in [2.05, 4.69) is 24.9 Å². The fraction of sp³-hybridized carbons (Fsp3) is 0.357. The predicted molar refractivity (Wildman–Crippen MR) is 76.1 cm³/mol. The summed E-state index contributed by atoms with van der Waals surface area (Å²) < 4.78 is 0. The van der Waals surface area contributed by atoms with Gasteiger partial charge in [0.25, 0.3) is 0 Å². The highest BCUT2D eigenvalue weighted by Crippen LogP contribution is 2.10. The molecule has 0 fully saturated rings. The molecule has 0 bridgehead atoms. The van der Waals surface area contributed by atoms with Crippen molar-refractivity contribution in [3.63, 3.8) is 0 Å². The Labute approximate surface area is 100 Å². The lowest BCUT2D eigenvalue weighted by Crippen LogP contribution is -1.81. The van der Waals surface area contributed by atoms with Crippen LogP contribution in [0.5, 0.6) is 0 Å². The average Bonchev–Trinajstić information content (AvgIpc) is 2.34. The molecular formula is C14H25NO. The van der Waals surface area contributed by atoms with Crippen LogP contribution in [0.15, 0.2) is 53.4 Å². The summed E-state index contributed by atoms with van der Waals surface area (Å²) in [6, 6.07) is 0. The molecule has 2 heteroatoms. The first kappa shape index (κ1) is 19.9. The van der Waals surface area contributed by atoms with E-state index in [1.165, 1.54) is 6.08 Å². The molecule has 0 amide bonds.